The van der Waals surface area contributed by atoms with Gasteiger partial charge >= 0.3 is 5.97 Å². The van der Waals surface area contributed by atoms with Gasteiger partial charge in [-0.15, -0.1) is 0 Å². The number of nitrogens with zero attached hydrogens (tertiary/aromatic N) is 1. The van der Waals surface area contributed by atoms with Crippen LogP contribution in [0.1, 0.15) is 5.56 Å². The molecular formula is C14H17NO6. The Morgan fingerprint density at radius 3 is 2.24 bits per heavy atom. The molecule has 0 radical (unpaired) electrons. The van der Waals surface area contributed by atoms with Crippen molar-refractivity contribution in [3.63, 3.8) is 0 Å². The van der Waals surface area contributed by atoms with Gasteiger partial charge in [-0.3, -0.25) is 0 Å². The van der Waals surface area contributed by atoms with Crippen molar-refractivity contribution in [3.8, 4) is 17.2 Å². The maximum atomic E-state index is 11.5. The van der Waals surface area contributed by atoms with Crippen molar-refractivity contribution in [2.24, 2.45) is 4.99 Å². The predicted molar refractivity (Wildman–Crippen MR) is 74.4 cm³/mol. The van der Waals surface area contributed by atoms with Crippen molar-refractivity contribution in [2.75, 3.05) is 35.0 Å². The summed E-state index contributed by atoms with van der Waals surface area (Å²) in [6.45, 7) is 0.151. The van der Waals surface area contributed by atoms with E-state index in [1.807, 2.05) is 0 Å². The normalized spacial score (nSPS) is 16.8. The highest BCUT2D eigenvalue weighted by molar-refractivity contribution is 5.98. The van der Waals surface area contributed by atoms with Gasteiger partial charge in [-0.25, -0.2) is 9.79 Å². The Morgan fingerprint density at radius 2 is 1.76 bits per heavy atom. The van der Waals surface area contributed by atoms with E-state index in [0.29, 0.717) is 28.7 Å². The molecule has 0 aromatic heterocycles. The van der Waals surface area contributed by atoms with E-state index in [4.69, 9.17) is 18.9 Å². The summed E-state index contributed by atoms with van der Waals surface area (Å²) in [5, 5.41) is 0. The molecule has 1 aliphatic heterocycles. The Morgan fingerprint density at radius 1 is 1.14 bits per heavy atom. The molecule has 0 saturated heterocycles. The van der Waals surface area contributed by atoms with Gasteiger partial charge in [0.05, 0.1) is 28.4 Å². The molecule has 1 aromatic rings. The van der Waals surface area contributed by atoms with Crippen molar-refractivity contribution in [1.29, 1.82) is 0 Å². The van der Waals surface area contributed by atoms with Crippen LogP contribution in [-0.4, -0.2) is 53.0 Å². The minimum absolute atomic E-state index is 0.151. The summed E-state index contributed by atoms with van der Waals surface area (Å²) in [6.07, 6.45) is 0. The van der Waals surface area contributed by atoms with Crippen LogP contribution in [0.3, 0.4) is 0 Å². The van der Waals surface area contributed by atoms with Crippen molar-refractivity contribution < 1.29 is 28.5 Å². The molecule has 1 atom stereocenters. The van der Waals surface area contributed by atoms with Crippen LogP contribution in [0.25, 0.3) is 0 Å². The fourth-order valence-electron chi connectivity index (χ4n) is 1.99. The third-order valence-electron chi connectivity index (χ3n) is 3.04. The zero-order valence-electron chi connectivity index (χ0n) is 12.3. The number of hydrogen-bond donors (Lipinski definition) is 0. The summed E-state index contributed by atoms with van der Waals surface area (Å²) in [5.41, 5.74) is 0.635. The molecule has 0 amide bonds. The van der Waals surface area contributed by atoms with E-state index in [1.165, 1.54) is 28.4 Å². The number of hydrogen-bond acceptors (Lipinski definition) is 7. The van der Waals surface area contributed by atoms with Crippen LogP contribution in [0.15, 0.2) is 17.1 Å². The molecular weight excluding hydrogens is 278 g/mol. The summed E-state index contributed by atoms with van der Waals surface area (Å²) in [6, 6.07) is 2.77. The summed E-state index contributed by atoms with van der Waals surface area (Å²) >= 11 is 0. The Balaban J connectivity index is 2.39. The Hall–Kier alpha value is -2.44. The maximum absolute atomic E-state index is 11.5. The number of carbonyl (C=O) groups is 1. The third-order valence-corrected chi connectivity index (χ3v) is 3.04. The van der Waals surface area contributed by atoms with Gasteiger partial charge in [-0.1, -0.05) is 0 Å². The van der Waals surface area contributed by atoms with Crippen LogP contribution >= 0.6 is 0 Å². The molecule has 2 rings (SSSR count). The Bertz CT molecular complexity index is 544. The highest BCUT2D eigenvalue weighted by Crippen LogP contribution is 2.38. The molecule has 7 heteroatoms. The number of rotatable bonds is 5. The number of aliphatic imine (C=N–C) groups is 1. The zero-order chi connectivity index (χ0) is 15.4. The quantitative estimate of drug-likeness (QED) is 0.755. The molecule has 0 bridgehead atoms. The third kappa shape index (κ3) is 2.86. The van der Waals surface area contributed by atoms with Gasteiger partial charge in [0.2, 0.25) is 11.6 Å². The van der Waals surface area contributed by atoms with E-state index in [1.54, 1.807) is 12.1 Å². The number of methoxy groups -OCH3 is 4. The van der Waals surface area contributed by atoms with E-state index in [-0.39, 0.29) is 6.61 Å². The molecule has 7 nitrogen and oxygen atoms in total. The molecule has 0 saturated carbocycles. The molecule has 1 aliphatic rings. The minimum atomic E-state index is -0.649. The first-order chi connectivity index (χ1) is 10.1. The topological polar surface area (TPSA) is 75.6 Å². The Kier molecular flexibility index (Phi) is 4.52. The van der Waals surface area contributed by atoms with Crippen molar-refractivity contribution in [2.45, 2.75) is 6.04 Å². The van der Waals surface area contributed by atoms with Gasteiger partial charge in [-0.05, 0) is 12.1 Å². The van der Waals surface area contributed by atoms with Crippen molar-refractivity contribution in [1.82, 2.24) is 0 Å². The lowest BCUT2D eigenvalue weighted by atomic mass is 10.1. The summed E-state index contributed by atoms with van der Waals surface area (Å²) in [7, 11) is 5.89. The van der Waals surface area contributed by atoms with Gasteiger partial charge in [-0.2, -0.15) is 0 Å². The minimum Gasteiger partial charge on any atom is -0.493 e. The van der Waals surface area contributed by atoms with Crippen LogP contribution in [0, 0.1) is 0 Å². The highest BCUT2D eigenvalue weighted by atomic mass is 16.5. The standard InChI is InChI=1S/C14H17NO6/c1-17-10-5-8(6-11(18-2)12(10)19-3)13-15-9(7-21-13)14(16)20-4/h5-6,9H,7H2,1-4H3. The first kappa shape index (κ1) is 15.0. The van der Waals surface area contributed by atoms with Crippen LogP contribution in [0.2, 0.25) is 0 Å². The van der Waals surface area contributed by atoms with Gasteiger partial charge in [0.15, 0.2) is 17.5 Å². The largest absolute Gasteiger partial charge is 0.493 e. The predicted octanol–water partition coefficient (Wildman–Crippen LogP) is 1.03. The molecule has 0 fully saturated rings. The summed E-state index contributed by atoms with van der Waals surface area (Å²) in [4.78, 5) is 15.7. The first-order valence-electron chi connectivity index (χ1n) is 6.23. The smallest absolute Gasteiger partial charge is 0.334 e. The Labute approximate surface area is 122 Å². The molecule has 114 valence electrons. The SMILES string of the molecule is COC(=O)C1COC(c2cc(OC)c(OC)c(OC)c2)=N1. The van der Waals surface area contributed by atoms with E-state index < -0.39 is 12.0 Å². The second-order valence-corrected chi connectivity index (χ2v) is 4.20. The first-order valence-corrected chi connectivity index (χ1v) is 6.23. The van der Waals surface area contributed by atoms with Gasteiger partial charge in [0, 0.05) is 5.56 Å². The van der Waals surface area contributed by atoms with E-state index in [0.717, 1.165) is 0 Å². The lowest BCUT2D eigenvalue weighted by Crippen LogP contribution is -2.21. The highest BCUT2D eigenvalue weighted by Gasteiger charge is 2.28. The van der Waals surface area contributed by atoms with Crippen LogP contribution < -0.4 is 14.2 Å². The number of esters is 1. The molecule has 1 aromatic carbocycles. The maximum Gasteiger partial charge on any atom is 0.334 e. The molecule has 1 unspecified atom stereocenters. The lowest BCUT2D eigenvalue weighted by molar-refractivity contribution is -0.142. The molecule has 1 heterocycles. The van der Waals surface area contributed by atoms with E-state index >= 15 is 0 Å². The number of benzene rings is 1. The van der Waals surface area contributed by atoms with E-state index in [2.05, 4.69) is 9.73 Å². The fraction of sp³-hybridized carbons (Fsp3) is 0.429. The monoisotopic (exact) mass is 295 g/mol. The summed E-state index contributed by atoms with van der Waals surface area (Å²) < 4.78 is 25.9. The number of carbonyl (C=O) groups excluding carboxylic acids is 1. The molecule has 21 heavy (non-hydrogen) atoms. The van der Waals surface area contributed by atoms with E-state index in [9.17, 15) is 4.79 Å². The van der Waals surface area contributed by atoms with Gasteiger partial charge in [0.25, 0.3) is 0 Å². The second-order valence-electron chi connectivity index (χ2n) is 4.20. The average molecular weight is 295 g/mol. The van der Waals surface area contributed by atoms with Crippen molar-refractivity contribution >= 4 is 11.9 Å². The number of ether oxygens (including phenoxy) is 5. The van der Waals surface area contributed by atoms with Crippen LogP contribution in [0.4, 0.5) is 0 Å². The van der Waals surface area contributed by atoms with Crippen molar-refractivity contribution in [3.05, 3.63) is 17.7 Å². The molecule has 0 aliphatic carbocycles. The molecule has 0 spiro atoms. The fourth-order valence-corrected chi connectivity index (χ4v) is 1.99. The van der Waals surface area contributed by atoms with Gasteiger partial charge < -0.3 is 23.7 Å². The summed E-state index contributed by atoms with van der Waals surface area (Å²) in [5.74, 6) is 1.35. The van der Waals surface area contributed by atoms with Crippen LogP contribution in [-0.2, 0) is 14.3 Å². The lowest BCUT2D eigenvalue weighted by Gasteiger charge is -2.13. The van der Waals surface area contributed by atoms with Crippen LogP contribution in [0.5, 0.6) is 17.2 Å². The zero-order valence-corrected chi connectivity index (χ0v) is 12.3. The average Bonchev–Trinajstić information content (AvgIpc) is 3.02. The van der Waals surface area contributed by atoms with Gasteiger partial charge in [0.1, 0.15) is 6.61 Å². The molecule has 0 N–H and O–H groups in total. The second kappa shape index (κ2) is 6.34.